The third-order valence-corrected chi connectivity index (χ3v) is 5.18. The van der Waals surface area contributed by atoms with Crippen LogP contribution in [0.4, 0.5) is 0 Å². The second kappa shape index (κ2) is 7.19. The highest BCUT2D eigenvalue weighted by molar-refractivity contribution is 6.05. The molecule has 1 saturated heterocycles. The van der Waals surface area contributed by atoms with Crippen LogP contribution in [0.5, 0.6) is 0 Å². The fraction of sp³-hybridized carbons (Fsp3) is 0.227. The van der Waals surface area contributed by atoms with E-state index in [0.717, 1.165) is 29.3 Å². The van der Waals surface area contributed by atoms with E-state index in [2.05, 4.69) is 4.98 Å². The largest absolute Gasteiger partial charge is 0.478 e. The molecule has 1 amide bonds. The molecule has 0 radical (unpaired) electrons. The number of para-hydroxylation sites is 1. The van der Waals surface area contributed by atoms with Gasteiger partial charge in [-0.25, -0.2) is 4.79 Å². The van der Waals surface area contributed by atoms with Crippen molar-refractivity contribution in [3.8, 4) is 0 Å². The molecule has 5 heteroatoms. The van der Waals surface area contributed by atoms with E-state index in [1.165, 1.54) is 0 Å². The number of benzene rings is 2. The number of carboxylic acid groups (broad SMARTS) is 1. The van der Waals surface area contributed by atoms with E-state index >= 15 is 0 Å². The summed E-state index contributed by atoms with van der Waals surface area (Å²) in [5.74, 6) is -0.800. The fourth-order valence-electron chi connectivity index (χ4n) is 3.81. The highest BCUT2D eigenvalue weighted by atomic mass is 16.4. The lowest BCUT2D eigenvalue weighted by Gasteiger charge is -2.33. The molecular formula is C22H20N2O3. The van der Waals surface area contributed by atoms with Gasteiger partial charge in [0.2, 0.25) is 0 Å². The van der Waals surface area contributed by atoms with Gasteiger partial charge in [0.15, 0.2) is 0 Å². The summed E-state index contributed by atoms with van der Waals surface area (Å²) in [5, 5.41) is 10.2. The van der Waals surface area contributed by atoms with E-state index in [4.69, 9.17) is 0 Å². The van der Waals surface area contributed by atoms with E-state index in [-0.39, 0.29) is 17.4 Å². The number of pyridine rings is 1. The van der Waals surface area contributed by atoms with E-state index in [1.807, 2.05) is 41.3 Å². The Morgan fingerprint density at radius 2 is 1.89 bits per heavy atom. The fourth-order valence-corrected chi connectivity index (χ4v) is 3.81. The van der Waals surface area contributed by atoms with Crippen molar-refractivity contribution < 1.29 is 14.7 Å². The van der Waals surface area contributed by atoms with Crippen LogP contribution >= 0.6 is 0 Å². The van der Waals surface area contributed by atoms with Crippen molar-refractivity contribution in [2.75, 3.05) is 13.1 Å². The summed E-state index contributed by atoms with van der Waals surface area (Å²) in [7, 11) is 0. The van der Waals surface area contributed by atoms with Crippen molar-refractivity contribution in [1.29, 1.82) is 0 Å². The number of aromatic nitrogens is 1. The number of rotatable bonds is 3. The summed E-state index contributed by atoms with van der Waals surface area (Å²) in [6.07, 6.45) is 3.54. The molecule has 0 spiro atoms. The molecule has 3 aromatic rings. The minimum Gasteiger partial charge on any atom is -0.478 e. The minimum absolute atomic E-state index is 0.0154. The molecule has 1 aliphatic heterocycles. The van der Waals surface area contributed by atoms with Gasteiger partial charge in [0.05, 0.1) is 16.6 Å². The zero-order valence-corrected chi connectivity index (χ0v) is 14.8. The topological polar surface area (TPSA) is 70.5 Å². The number of carbonyl (C=O) groups is 2. The van der Waals surface area contributed by atoms with Gasteiger partial charge in [0.1, 0.15) is 0 Å². The Bertz CT molecular complexity index is 1010. The van der Waals surface area contributed by atoms with Crippen molar-refractivity contribution in [2.24, 2.45) is 0 Å². The van der Waals surface area contributed by atoms with Gasteiger partial charge in [0, 0.05) is 30.6 Å². The number of likely N-dealkylation sites (tertiary alicyclic amines) is 1. The van der Waals surface area contributed by atoms with Crippen molar-refractivity contribution in [3.05, 3.63) is 77.5 Å². The van der Waals surface area contributed by atoms with Crippen LogP contribution in [0, 0.1) is 0 Å². The third-order valence-electron chi connectivity index (χ3n) is 5.18. The van der Waals surface area contributed by atoms with Gasteiger partial charge >= 0.3 is 5.97 Å². The molecule has 0 saturated carbocycles. The minimum atomic E-state index is -0.928. The van der Waals surface area contributed by atoms with E-state index in [1.54, 1.807) is 24.4 Å². The third kappa shape index (κ3) is 3.40. The summed E-state index contributed by atoms with van der Waals surface area (Å²) >= 11 is 0. The van der Waals surface area contributed by atoms with Crippen molar-refractivity contribution in [2.45, 2.75) is 18.8 Å². The van der Waals surface area contributed by atoms with Crippen LogP contribution in [0.3, 0.4) is 0 Å². The standard InChI is InChI=1S/C22H20N2O3/c25-21(19-10-2-5-15-8-3-11-23-20(15)19)24-12-4-9-18(14-24)16-6-1-7-17(13-16)22(26)27/h1-3,5-8,10-11,13,18H,4,9,12,14H2,(H,26,27). The first-order valence-corrected chi connectivity index (χ1v) is 9.10. The number of hydrogen-bond donors (Lipinski definition) is 1. The molecule has 2 heterocycles. The normalized spacial score (nSPS) is 17.0. The Hall–Kier alpha value is -3.21. The van der Waals surface area contributed by atoms with Crippen molar-refractivity contribution in [3.63, 3.8) is 0 Å². The van der Waals surface area contributed by atoms with Crippen LogP contribution < -0.4 is 0 Å². The lowest BCUT2D eigenvalue weighted by Crippen LogP contribution is -2.39. The molecule has 1 fully saturated rings. The summed E-state index contributed by atoms with van der Waals surface area (Å²) in [6, 6.07) is 16.5. The van der Waals surface area contributed by atoms with Crippen LogP contribution in [-0.2, 0) is 0 Å². The summed E-state index contributed by atoms with van der Waals surface area (Å²) in [6.45, 7) is 1.29. The lowest BCUT2D eigenvalue weighted by molar-refractivity contribution is 0.0688. The number of fused-ring (bicyclic) bond motifs is 1. The highest BCUT2D eigenvalue weighted by Gasteiger charge is 2.27. The Labute approximate surface area is 157 Å². The number of carboxylic acids is 1. The van der Waals surface area contributed by atoms with Gasteiger partial charge in [0.25, 0.3) is 5.91 Å². The van der Waals surface area contributed by atoms with Gasteiger partial charge in [-0.3, -0.25) is 9.78 Å². The van der Waals surface area contributed by atoms with Crippen LogP contribution in [0.25, 0.3) is 10.9 Å². The smallest absolute Gasteiger partial charge is 0.335 e. The van der Waals surface area contributed by atoms with E-state index < -0.39 is 5.97 Å². The molecule has 0 aliphatic carbocycles. The molecule has 1 aliphatic rings. The number of carbonyl (C=O) groups excluding carboxylic acids is 1. The zero-order valence-electron chi connectivity index (χ0n) is 14.8. The molecular weight excluding hydrogens is 340 g/mol. The average Bonchev–Trinajstić information content (AvgIpc) is 2.73. The molecule has 1 atom stereocenters. The first-order valence-electron chi connectivity index (χ1n) is 9.10. The Morgan fingerprint density at radius 1 is 1.07 bits per heavy atom. The van der Waals surface area contributed by atoms with Crippen molar-refractivity contribution in [1.82, 2.24) is 9.88 Å². The maximum absolute atomic E-state index is 13.2. The molecule has 4 rings (SSSR count). The summed E-state index contributed by atoms with van der Waals surface area (Å²) in [4.78, 5) is 30.7. The molecule has 27 heavy (non-hydrogen) atoms. The summed E-state index contributed by atoms with van der Waals surface area (Å²) in [5.41, 5.74) is 2.60. The molecule has 1 N–H and O–H groups in total. The first-order chi connectivity index (χ1) is 13.1. The molecule has 136 valence electrons. The molecule has 1 unspecified atom stereocenters. The monoisotopic (exact) mass is 360 g/mol. The van der Waals surface area contributed by atoms with E-state index in [0.29, 0.717) is 18.7 Å². The number of nitrogens with zero attached hydrogens (tertiary/aromatic N) is 2. The maximum atomic E-state index is 13.2. The lowest BCUT2D eigenvalue weighted by atomic mass is 9.89. The Kier molecular flexibility index (Phi) is 4.59. The average molecular weight is 360 g/mol. The number of aromatic carboxylic acids is 1. The molecule has 1 aromatic heterocycles. The van der Waals surface area contributed by atoms with Crippen molar-refractivity contribution >= 4 is 22.8 Å². The van der Waals surface area contributed by atoms with Gasteiger partial charge in [-0.15, -0.1) is 0 Å². The second-order valence-corrected chi connectivity index (χ2v) is 6.90. The first kappa shape index (κ1) is 17.2. The van der Waals surface area contributed by atoms with Crippen LogP contribution in [0.1, 0.15) is 45.0 Å². The quantitative estimate of drug-likeness (QED) is 0.768. The predicted molar refractivity (Wildman–Crippen MR) is 103 cm³/mol. The number of amides is 1. The maximum Gasteiger partial charge on any atom is 0.335 e. The van der Waals surface area contributed by atoms with Gasteiger partial charge in [-0.05, 0) is 42.7 Å². The molecule has 5 nitrogen and oxygen atoms in total. The predicted octanol–water partition coefficient (Wildman–Crippen LogP) is 3.95. The van der Waals surface area contributed by atoms with E-state index in [9.17, 15) is 14.7 Å². The number of hydrogen-bond acceptors (Lipinski definition) is 3. The van der Waals surface area contributed by atoms with Gasteiger partial charge < -0.3 is 10.0 Å². The van der Waals surface area contributed by atoms with Crippen LogP contribution in [-0.4, -0.2) is 40.0 Å². The summed E-state index contributed by atoms with van der Waals surface area (Å²) < 4.78 is 0. The SMILES string of the molecule is O=C(O)c1cccc(C2CCCN(C(=O)c3cccc4cccnc34)C2)c1. The molecule has 0 bridgehead atoms. The highest BCUT2D eigenvalue weighted by Crippen LogP contribution is 2.29. The second-order valence-electron chi connectivity index (χ2n) is 6.90. The Balaban J connectivity index is 1.60. The van der Waals surface area contributed by atoms with Crippen LogP contribution in [0.2, 0.25) is 0 Å². The Morgan fingerprint density at radius 3 is 2.74 bits per heavy atom. The number of piperidine rings is 1. The molecule has 2 aromatic carbocycles. The van der Waals surface area contributed by atoms with Crippen LogP contribution in [0.15, 0.2) is 60.8 Å². The van der Waals surface area contributed by atoms with Gasteiger partial charge in [-0.2, -0.15) is 0 Å². The van der Waals surface area contributed by atoms with Gasteiger partial charge in [-0.1, -0.05) is 30.3 Å². The zero-order chi connectivity index (χ0) is 18.8.